The van der Waals surface area contributed by atoms with Crippen LogP contribution in [0.15, 0.2) is 4.47 Å². The monoisotopic (exact) mass is 257 g/mol. The lowest BCUT2D eigenvalue weighted by Crippen LogP contribution is -2.29. The summed E-state index contributed by atoms with van der Waals surface area (Å²) in [6, 6.07) is 0. The van der Waals surface area contributed by atoms with E-state index in [-0.39, 0.29) is 0 Å². The average molecular weight is 258 g/mol. The van der Waals surface area contributed by atoms with Gasteiger partial charge in [0.05, 0.1) is 10.2 Å². The van der Waals surface area contributed by atoms with Crippen molar-refractivity contribution < 1.29 is 0 Å². The minimum Gasteiger partial charge on any atom is -0.297 e. The van der Waals surface area contributed by atoms with Gasteiger partial charge in [-0.3, -0.25) is 10.00 Å². The number of aromatic nitrogens is 2. The van der Waals surface area contributed by atoms with Crippen molar-refractivity contribution in [2.45, 2.75) is 32.7 Å². The van der Waals surface area contributed by atoms with Gasteiger partial charge < -0.3 is 0 Å². The molecule has 4 heteroatoms. The molecule has 0 amide bonds. The van der Waals surface area contributed by atoms with E-state index in [1.807, 2.05) is 6.92 Å². The summed E-state index contributed by atoms with van der Waals surface area (Å²) in [5, 5.41) is 7.30. The molecule has 1 fully saturated rings. The first-order valence-electron chi connectivity index (χ1n) is 5.19. The molecular formula is C10H16BrN3. The summed E-state index contributed by atoms with van der Waals surface area (Å²) in [4.78, 5) is 2.48. The second-order valence-electron chi connectivity index (χ2n) is 3.95. The largest absolute Gasteiger partial charge is 0.297 e. The number of likely N-dealkylation sites (tertiary alicyclic amines) is 1. The maximum atomic E-state index is 4.30. The number of hydrogen-bond donors (Lipinski definition) is 1. The predicted molar refractivity (Wildman–Crippen MR) is 60.2 cm³/mol. The van der Waals surface area contributed by atoms with Crippen molar-refractivity contribution in [2.75, 3.05) is 13.1 Å². The fourth-order valence-electron chi connectivity index (χ4n) is 1.90. The minimum absolute atomic E-state index is 0.977. The van der Waals surface area contributed by atoms with Gasteiger partial charge in [-0.25, -0.2) is 0 Å². The Kier molecular flexibility index (Phi) is 3.23. The highest BCUT2D eigenvalue weighted by molar-refractivity contribution is 9.10. The van der Waals surface area contributed by atoms with Crippen LogP contribution in [0, 0.1) is 6.92 Å². The van der Waals surface area contributed by atoms with Crippen LogP contribution in [0.5, 0.6) is 0 Å². The quantitative estimate of drug-likeness (QED) is 0.883. The van der Waals surface area contributed by atoms with E-state index in [0.29, 0.717) is 0 Å². The van der Waals surface area contributed by atoms with E-state index in [4.69, 9.17) is 0 Å². The van der Waals surface area contributed by atoms with E-state index in [1.54, 1.807) is 0 Å². The Morgan fingerprint density at radius 1 is 1.36 bits per heavy atom. The summed E-state index contributed by atoms with van der Waals surface area (Å²) < 4.78 is 1.14. The van der Waals surface area contributed by atoms with Crippen molar-refractivity contribution in [1.29, 1.82) is 0 Å². The highest BCUT2D eigenvalue weighted by atomic mass is 79.9. The molecule has 0 atom stereocenters. The molecule has 0 spiro atoms. The summed E-state index contributed by atoms with van der Waals surface area (Å²) >= 11 is 3.56. The van der Waals surface area contributed by atoms with Crippen molar-refractivity contribution in [1.82, 2.24) is 15.1 Å². The van der Waals surface area contributed by atoms with Crippen molar-refractivity contribution >= 4 is 15.9 Å². The van der Waals surface area contributed by atoms with Crippen LogP contribution < -0.4 is 0 Å². The molecule has 14 heavy (non-hydrogen) atoms. The zero-order valence-electron chi connectivity index (χ0n) is 8.52. The standard InChI is InChI=1S/C10H16BrN3/c1-8-10(11)9(13-12-8)7-14-5-3-2-4-6-14/h2-7H2,1H3,(H,12,13). The molecule has 1 aromatic rings. The molecule has 1 aromatic heterocycles. The molecule has 1 N–H and O–H groups in total. The van der Waals surface area contributed by atoms with Crippen LogP contribution in [0.3, 0.4) is 0 Å². The smallest absolute Gasteiger partial charge is 0.0906 e. The Labute approximate surface area is 93.0 Å². The lowest BCUT2D eigenvalue weighted by Gasteiger charge is -2.25. The van der Waals surface area contributed by atoms with Crippen molar-refractivity contribution in [3.8, 4) is 0 Å². The third-order valence-electron chi connectivity index (χ3n) is 2.76. The predicted octanol–water partition coefficient (Wildman–Crippen LogP) is 2.47. The summed E-state index contributed by atoms with van der Waals surface area (Å²) in [6.07, 6.45) is 4.05. The summed E-state index contributed by atoms with van der Waals surface area (Å²) in [5.41, 5.74) is 2.27. The number of H-pyrrole nitrogens is 1. The summed E-state index contributed by atoms with van der Waals surface area (Å²) in [7, 11) is 0. The lowest BCUT2D eigenvalue weighted by molar-refractivity contribution is 0.218. The van der Waals surface area contributed by atoms with Crippen LogP contribution in [-0.2, 0) is 6.54 Å². The number of hydrogen-bond acceptors (Lipinski definition) is 2. The Bertz CT molecular complexity index is 302. The molecule has 0 radical (unpaired) electrons. The lowest BCUT2D eigenvalue weighted by atomic mass is 10.1. The van der Waals surface area contributed by atoms with Gasteiger partial charge in [-0.05, 0) is 48.8 Å². The third kappa shape index (κ3) is 2.17. The average Bonchev–Trinajstić information content (AvgIpc) is 2.52. The maximum absolute atomic E-state index is 4.30. The van der Waals surface area contributed by atoms with E-state index in [0.717, 1.165) is 22.4 Å². The van der Waals surface area contributed by atoms with Crippen molar-refractivity contribution in [3.05, 3.63) is 15.9 Å². The fraction of sp³-hybridized carbons (Fsp3) is 0.700. The molecule has 2 rings (SSSR count). The molecule has 0 aromatic carbocycles. The van der Waals surface area contributed by atoms with E-state index >= 15 is 0 Å². The number of halogens is 1. The van der Waals surface area contributed by atoms with Gasteiger partial charge in [0.25, 0.3) is 0 Å². The number of nitrogens with one attached hydrogen (secondary N) is 1. The zero-order chi connectivity index (χ0) is 9.97. The fourth-order valence-corrected chi connectivity index (χ4v) is 2.20. The zero-order valence-corrected chi connectivity index (χ0v) is 10.1. The topological polar surface area (TPSA) is 31.9 Å². The number of nitrogens with zero attached hydrogens (tertiary/aromatic N) is 2. The number of piperidine rings is 1. The summed E-state index contributed by atoms with van der Waals surface area (Å²) in [5.74, 6) is 0. The maximum Gasteiger partial charge on any atom is 0.0906 e. The normalized spacial score (nSPS) is 18.7. The molecule has 2 heterocycles. The minimum atomic E-state index is 0.977. The molecule has 78 valence electrons. The van der Waals surface area contributed by atoms with Gasteiger partial charge in [-0.1, -0.05) is 6.42 Å². The second-order valence-corrected chi connectivity index (χ2v) is 4.74. The number of aryl methyl sites for hydroxylation is 1. The Hall–Kier alpha value is -0.350. The Balaban J connectivity index is 1.99. The van der Waals surface area contributed by atoms with E-state index in [2.05, 4.69) is 31.0 Å². The SMILES string of the molecule is Cc1[nH]nc(CN2CCCCC2)c1Br. The molecule has 0 unspecified atom stereocenters. The van der Waals surface area contributed by atoms with E-state index in [9.17, 15) is 0 Å². The van der Waals surface area contributed by atoms with E-state index in [1.165, 1.54) is 32.4 Å². The van der Waals surface area contributed by atoms with Gasteiger partial charge in [0.1, 0.15) is 0 Å². The Morgan fingerprint density at radius 2 is 2.07 bits per heavy atom. The van der Waals surface area contributed by atoms with Crippen LogP contribution in [0.1, 0.15) is 30.7 Å². The van der Waals surface area contributed by atoms with Crippen LogP contribution in [0.4, 0.5) is 0 Å². The second kappa shape index (κ2) is 4.45. The molecule has 0 bridgehead atoms. The summed E-state index contributed by atoms with van der Waals surface area (Å²) in [6.45, 7) is 5.46. The van der Waals surface area contributed by atoms with Crippen LogP contribution in [-0.4, -0.2) is 28.2 Å². The van der Waals surface area contributed by atoms with Crippen molar-refractivity contribution in [3.63, 3.8) is 0 Å². The molecule has 0 aliphatic carbocycles. The van der Waals surface area contributed by atoms with Gasteiger partial charge in [-0.2, -0.15) is 5.10 Å². The van der Waals surface area contributed by atoms with Crippen LogP contribution in [0.2, 0.25) is 0 Å². The molecule has 3 nitrogen and oxygen atoms in total. The molecule has 1 aliphatic rings. The third-order valence-corrected chi connectivity index (χ3v) is 3.82. The first kappa shape index (κ1) is 10.2. The Morgan fingerprint density at radius 3 is 2.64 bits per heavy atom. The molecule has 0 saturated carbocycles. The van der Waals surface area contributed by atoms with Gasteiger partial charge in [0, 0.05) is 12.2 Å². The van der Waals surface area contributed by atoms with Gasteiger partial charge in [0.2, 0.25) is 0 Å². The van der Waals surface area contributed by atoms with Gasteiger partial charge >= 0.3 is 0 Å². The number of aromatic amines is 1. The highest BCUT2D eigenvalue weighted by Gasteiger charge is 2.14. The highest BCUT2D eigenvalue weighted by Crippen LogP contribution is 2.21. The molecular weight excluding hydrogens is 242 g/mol. The van der Waals surface area contributed by atoms with Crippen molar-refractivity contribution in [2.24, 2.45) is 0 Å². The molecule has 1 aliphatic heterocycles. The van der Waals surface area contributed by atoms with Crippen LogP contribution in [0.25, 0.3) is 0 Å². The first-order chi connectivity index (χ1) is 6.77. The first-order valence-corrected chi connectivity index (χ1v) is 5.98. The van der Waals surface area contributed by atoms with Crippen LogP contribution >= 0.6 is 15.9 Å². The van der Waals surface area contributed by atoms with Gasteiger partial charge in [-0.15, -0.1) is 0 Å². The number of rotatable bonds is 2. The van der Waals surface area contributed by atoms with Gasteiger partial charge in [0.15, 0.2) is 0 Å². The molecule has 1 saturated heterocycles. The van der Waals surface area contributed by atoms with E-state index < -0.39 is 0 Å².